The second kappa shape index (κ2) is 6.40. The number of aryl methyl sites for hydroxylation is 1. The normalized spacial score (nSPS) is 16.2. The molecule has 1 aromatic carbocycles. The first-order chi connectivity index (χ1) is 12.2. The number of anilines is 1. The van der Waals surface area contributed by atoms with Crippen LogP contribution < -0.4 is 25.4 Å². The molecule has 0 spiro atoms. The first-order valence-corrected chi connectivity index (χ1v) is 8.65. The van der Waals surface area contributed by atoms with Crippen LogP contribution in [0, 0.1) is 0 Å². The van der Waals surface area contributed by atoms with Crippen molar-refractivity contribution in [1.82, 2.24) is 9.55 Å². The second-order valence-corrected chi connectivity index (χ2v) is 6.40. The van der Waals surface area contributed by atoms with Gasteiger partial charge in [0, 0.05) is 18.2 Å². The third kappa shape index (κ3) is 2.74. The maximum absolute atomic E-state index is 12.6. The molecule has 0 atom stereocenters. The molecular formula is C18H23N4O3+. The average Bonchev–Trinajstić information content (AvgIpc) is 2.67. The van der Waals surface area contributed by atoms with Crippen molar-refractivity contribution in [2.45, 2.75) is 13.0 Å². The van der Waals surface area contributed by atoms with Gasteiger partial charge in [0.2, 0.25) is 0 Å². The standard InChI is InChI=1S/C18H22N4O3/c1-24-15-9-12-3-6-22-14(13(12)10-16(15)25-2)11-17(20-18(22)23)21-7-4-19-5-8-21/h9-11,19H,3-8H2,1-2H3/p+1. The van der Waals surface area contributed by atoms with Crippen LogP contribution in [-0.4, -0.2) is 49.9 Å². The van der Waals surface area contributed by atoms with E-state index in [-0.39, 0.29) is 5.69 Å². The molecule has 132 valence electrons. The number of quaternary nitrogens is 1. The van der Waals surface area contributed by atoms with E-state index in [1.165, 1.54) is 5.56 Å². The Morgan fingerprint density at radius 3 is 2.48 bits per heavy atom. The number of nitrogens with two attached hydrogens (primary N) is 1. The van der Waals surface area contributed by atoms with Crippen LogP contribution in [0.3, 0.4) is 0 Å². The summed E-state index contributed by atoms with van der Waals surface area (Å²) in [4.78, 5) is 19.1. The number of methoxy groups -OCH3 is 2. The van der Waals surface area contributed by atoms with Crippen LogP contribution in [0.25, 0.3) is 11.3 Å². The van der Waals surface area contributed by atoms with Gasteiger partial charge in [-0.1, -0.05) is 0 Å². The van der Waals surface area contributed by atoms with Gasteiger partial charge < -0.3 is 19.7 Å². The summed E-state index contributed by atoms with van der Waals surface area (Å²) in [6, 6.07) is 6.01. The Morgan fingerprint density at radius 2 is 1.76 bits per heavy atom. The number of hydrogen-bond acceptors (Lipinski definition) is 5. The molecule has 7 heteroatoms. The molecule has 1 aromatic heterocycles. The number of fused-ring (bicyclic) bond motifs is 3. The summed E-state index contributed by atoms with van der Waals surface area (Å²) < 4.78 is 12.6. The van der Waals surface area contributed by atoms with Crippen LogP contribution in [0.4, 0.5) is 5.82 Å². The quantitative estimate of drug-likeness (QED) is 0.840. The number of nitrogens with zero attached hydrogens (tertiary/aromatic N) is 3. The Kier molecular flexibility index (Phi) is 4.09. The molecule has 0 aliphatic carbocycles. The Hall–Kier alpha value is -2.54. The van der Waals surface area contributed by atoms with Gasteiger partial charge in [-0.25, -0.2) is 4.79 Å². The fourth-order valence-corrected chi connectivity index (χ4v) is 3.67. The molecule has 7 nitrogen and oxygen atoms in total. The van der Waals surface area contributed by atoms with Gasteiger partial charge in [0.15, 0.2) is 11.5 Å². The molecule has 4 rings (SSSR count). The fourth-order valence-electron chi connectivity index (χ4n) is 3.67. The van der Waals surface area contributed by atoms with Crippen molar-refractivity contribution in [3.8, 4) is 22.8 Å². The lowest BCUT2D eigenvalue weighted by Gasteiger charge is -2.28. The summed E-state index contributed by atoms with van der Waals surface area (Å²) in [6.07, 6.45) is 0.780. The highest BCUT2D eigenvalue weighted by Gasteiger charge is 2.23. The number of hydrogen-bond donors (Lipinski definition) is 1. The minimum Gasteiger partial charge on any atom is -0.493 e. The SMILES string of the molecule is COc1cc2c(cc1OC)-c1cc(N3CC[NH2+]CC3)nc(=O)n1CC2. The zero-order chi connectivity index (χ0) is 17.4. The minimum absolute atomic E-state index is 0.178. The second-order valence-electron chi connectivity index (χ2n) is 6.40. The van der Waals surface area contributed by atoms with E-state index in [9.17, 15) is 4.79 Å². The van der Waals surface area contributed by atoms with Gasteiger partial charge >= 0.3 is 5.69 Å². The molecule has 0 bridgehead atoms. The predicted molar refractivity (Wildman–Crippen MR) is 94.6 cm³/mol. The highest BCUT2D eigenvalue weighted by atomic mass is 16.5. The van der Waals surface area contributed by atoms with Crippen LogP contribution in [0.15, 0.2) is 23.0 Å². The molecule has 1 saturated heterocycles. The van der Waals surface area contributed by atoms with Crippen LogP contribution in [0.1, 0.15) is 5.56 Å². The van der Waals surface area contributed by atoms with Crippen molar-refractivity contribution in [2.24, 2.45) is 0 Å². The lowest BCUT2D eigenvalue weighted by molar-refractivity contribution is -0.655. The molecule has 0 saturated carbocycles. The molecule has 2 aromatic rings. The third-order valence-electron chi connectivity index (χ3n) is 5.02. The Morgan fingerprint density at radius 1 is 1.04 bits per heavy atom. The average molecular weight is 343 g/mol. The number of aromatic nitrogens is 2. The van der Waals surface area contributed by atoms with Gasteiger partial charge in [0.25, 0.3) is 0 Å². The van der Waals surface area contributed by atoms with Crippen LogP contribution in [0.2, 0.25) is 0 Å². The van der Waals surface area contributed by atoms with Gasteiger partial charge in [-0.2, -0.15) is 4.98 Å². The van der Waals surface area contributed by atoms with E-state index in [0.717, 1.165) is 55.4 Å². The largest absolute Gasteiger partial charge is 0.493 e. The zero-order valence-electron chi connectivity index (χ0n) is 14.6. The summed E-state index contributed by atoms with van der Waals surface area (Å²) in [7, 11) is 3.27. The summed E-state index contributed by atoms with van der Waals surface area (Å²) in [5.41, 5.74) is 2.92. The maximum Gasteiger partial charge on any atom is 0.350 e. The highest BCUT2D eigenvalue weighted by molar-refractivity contribution is 5.72. The van der Waals surface area contributed by atoms with Crippen molar-refractivity contribution in [3.63, 3.8) is 0 Å². The maximum atomic E-state index is 12.6. The molecule has 0 amide bonds. The number of benzene rings is 1. The lowest BCUT2D eigenvalue weighted by atomic mass is 9.96. The van der Waals surface area contributed by atoms with Gasteiger partial charge in [-0.3, -0.25) is 4.57 Å². The van der Waals surface area contributed by atoms with E-state index < -0.39 is 0 Å². The van der Waals surface area contributed by atoms with E-state index in [1.54, 1.807) is 18.8 Å². The van der Waals surface area contributed by atoms with E-state index >= 15 is 0 Å². The van der Waals surface area contributed by atoms with Gasteiger partial charge in [-0.05, 0) is 24.1 Å². The summed E-state index contributed by atoms with van der Waals surface area (Å²) in [5, 5.41) is 2.29. The molecule has 2 aliphatic rings. The molecule has 1 fully saturated rings. The van der Waals surface area contributed by atoms with Crippen LogP contribution >= 0.6 is 0 Å². The zero-order valence-corrected chi connectivity index (χ0v) is 14.6. The molecule has 2 N–H and O–H groups in total. The Balaban J connectivity index is 1.85. The highest BCUT2D eigenvalue weighted by Crippen LogP contribution is 2.38. The van der Waals surface area contributed by atoms with Crippen molar-refractivity contribution < 1.29 is 14.8 Å². The van der Waals surface area contributed by atoms with E-state index in [2.05, 4.69) is 15.2 Å². The lowest BCUT2D eigenvalue weighted by Crippen LogP contribution is -2.89. The molecular weight excluding hydrogens is 320 g/mol. The van der Waals surface area contributed by atoms with Gasteiger partial charge in [0.1, 0.15) is 5.82 Å². The van der Waals surface area contributed by atoms with Crippen molar-refractivity contribution in [1.29, 1.82) is 0 Å². The molecule has 3 heterocycles. The van der Waals surface area contributed by atoms with Crippen molar-refractivity contribution in [3.05, 3.63) is 34.2 Å². The number of piperazine rings is 1. The van der Waals surface area contributed by atoms with Crippen LogP contribution in [0.5, 0.6) is 11.5 Å². The van der Waals surface area contributed by atoms with Crippen molar-refractivity contribution in [2.75, 3.05) is 45.3 Å². The molecule has 25 heavy (non-hydrogen) atoms. The molecule has 0 unspecified atom stereocenters. The number of rotatable bonds is 3. The smallest absolute Gasteiger partial charge is 0.350 e. The first kappa shape index (κ1) is 16.0. The van der Waals surface area contributed by atoms with Crippen molar-refractivity contribution >= 4 is 5.82 Å². The summed E-state index contributed by atoms with van der Waals surface area (Å²) in [6.45, 7) is 4.52. The topological polar surface area (TPSA) is 73.2 Å². The van der Waals surface area contributed by atoms with Crippen LogP contribution in [-0.2, 0) is 13.0 Å². The van der Waals surface area contributed by atoms with Gasteiger partial charge in [-0.15, -0.1) is 0 Å². The van der Waals surface area contributed by atoms with E-state index in [4.69, 9.17) is 9.47 Å². The summed E-state index contributed by atoms with van der Waals surface area (Å²) >= 11 is 0. The predicted octanol–water partition coefficient (Wildman–Crippen LogP) is -0.133. The Labute approximate surface area is 146 Å². The Bertz CT molecular complexity index is 856. The third-order valence-corrected chi connectivity index (χ3v) is 5.02. The number of ether oxygens (including phenoxy) is 2. The van der Waals surface area contributed by atoms with Gasteiger partial charge in [0.05, 0.1) is 46.1 Å². The first-order valence-electron chi connectivity index (χ1n) is 8.65. The van der Waals surface area contributed by atoms with E-state index in [0.29, 0.717) is 12.3 Å². The molecule has 0 radical (unpaired) electrons. The summed E-state index contributed by atoms with van der Waals surface area (Å²) in [5.74, 6) is 2.16. The molecule has 2 aliphatic heterocycles. The minimum atomic E-state index is -0.178. The van der Waals surface area contributed by atoms with E-state index in [1.807, 2.05) is 18.2 Å². The fraction of sp³-hybridized carbons (Fsp3) is 0.444. The monoisotopic (exact) mass is 343 g/mol.